The van der Waals surface area contributed by atoms with E-state index in [9.17, 15) is 14.9 Å². The number of ether oxygens (including phenoxy) is 2. The number of nitro benzene ring substituents is 1. The zero-order chi connectivity index (χ0) is 19.3. The first-order valence-corrected chi connectivity index (χ1v) is 8.06. The van der Waals surface area contributed by atoms with E-state index in [1.54, 1.807) is 0 Å². The topological polar surface area (TPSA) is 90.7 Å². The lowest BCUT2D eigenvalue weighted by molar-refractivity contribution is -0.385. The Morgan fingerprint density at radius 3 is 2.35 bits per heavy atom. The van der Waals surface area contributed by atoms with Gasteiger partial charge in [0, 0.05) is 11.8 Å². The van der Waals surface area contributed by atoms with Crippen molar-refractivity contribution < 1.29 is 19.2 Å². The molecular formula is C19H22N2O5. The number of nitrogens with one attached hydrogen (secondary N) is 1. The molecule has 0 saturated carbocycles. The first-order valence-electron chi connectivity index (χ1n) is 8.06. The SMILES string of the molecule is COc1ccc(NC(=O)COc2ccc(C(C)(C)C)cc2)cc1[N+](=O)[O-]. The summed E-state index contributed by atoms with van der Waals surface area (Å²) in [6, 6.07) is 11.7. The monoisotopic (exact) mass is 358 g/mol. The van der Waals surface area contributed by atoms with Gasteiger partial charge in [0.1, 0.15) is 5.75 Å². The van der Waals surface area contributed by atoms with Crippen molar-refractivity contribution >= 4 is 17.3 Å². The lowest BCUT2D eigenvalue weighted by atomic mass is 9.87. The molecule has 2 aromatic rings. The van der Waals surface area contributed by atoms with Gasteiger partial charge in [-0.2, -0.15) is 0 Å². The van der Waals surface area contributed by atoms with Crippen LogP contribution in [0.15, 0.2) is 42.5 Å². The maximum atomic E-state index is 12.0. The molecule has 0 heterocycles. The zero-order valence-electron chi connectivity index (χ0n) is 15.2. The lowest BCUT2D eigenvalue weighted by Crippen LogP contribution is -2.20. The fourth-order valence-corrected chi connectivity index (χ4v) is 2.31. The summed E-state index contributed by atoms with van der Waals surface area (Å²) in [5.74, 6) is 0.293. The first kappa shape index (κ1) is 19.2. The van der Waals surface area contributed by atoms with Gasteiger partial charge in [0.2, 0.25) is 0 Å². The minimum Gasteiger partial charge on any atom is -0.490 e. The van der Waals surface area contributed by atoms with E-state index in [0.717, 1.165) is 0 Å². The van der Waals surface area contributed by atoms with Crippen molar-refractivity contribution in [2.75, 3.05) is 19.0 Å². The largest absolute Gasteiger partial charge is 0.490 e. The van der Waals surface area contributed by atoms with Gasteiger partial charge in [0.05, 0.1) is 12.0 Å². The van der Waals surface area contributed by atoms with Crippen LogP contribution in [0.5, 0.6) is 11.5 Å². The minimum absolute atomic E-state index is 0.0407. The van der Waals surface area contributed by atoms with Crippen molar-refractivity contribution in [1.29, 1.82) is 0 Å². The Morgan fingerprint density at radius 1 is 1.15 bits per heavy atom. The van der Waals surface area contributed by atoms with Gasteiger partial charge in [0.25, 0.3) is 5.91 Å². The summed E-state index contributed by atoms with van der Waals surface area (Å²) in [5.41, 5.74) is 1.29. The molecule has 0 aliphatic heterocycles. The molecule has 0 saturated heterocycles. The van der Waals surface area contributed by atoms with Crippen LogP contribution in [-0.2, 0) is 10.2 Å². The molecule has 0 unspecified atom stereocenters. The molecule has 1 N–H and O–H groups in total. The second-order valence-electron chi connectivity index (χ2n) is 6.75. The van der Waals surface area contributed by atoms with E-state index < -0.39 is 10.8 Å². The zero-order valence-corrected chi connectivity index (χ0v) is 15.2. The molecule has 1 amide bonds. The highest BCUT2D eigenvalue weighted by atomic mass is 16.6. The fourth-order valence-electron chi connectivity index (χ4n) is 2.31. The van der Waals surface area contributed by atoms with Crippen LogP contribution in [0.1, 0.15) is 26.3 Å². The van der Waals surface area contributed by atoms with Gasteiger partial charge >= 0.3 is 5.69 Å². The van der Waals surface area contributed by atoms with Gasteiger partial charge in [-0.15, -0.1) is 0 Å². The Morgan fingerprint density at radius 2 is 1.81 bits per heavy atom. The molecule has 26 heavy (non-hydrogen) atoms. The summed E-state index contributed by atoms with van der Waals surface area (Å²) >= 11 is 0. The van der Waals surface area contributed by atoms with Crippen LogP contribution in [0.25, 0.3) is 0 Å². The molecule has 7 nitrogen and oxygen atoms in total. The highest BCUT2D eigenvalue weighted by Gasteiger charge is 2.16. The molecule has 2 rings (SSSR count). The van der Waals surface area contributed by atoms with E-state index in [2.05, 4.69) is 26.1 Å². The molecule has 0 atom stereocenters. The second kappa shape index (κ2) is 7.86. The third kappa shape index (κ3) is 4.95. The first-order chi connectivity index (χ1) is 12.2. The highest BCUT2D eigenvalue weighted by molar-refractivity contribution is 5.92. The van der Waals surface area contributed by atoms with E-state index >= 15 is 0 Å². The van der Waals surface area contributed by atoms with E-state index in [-0.39, 0.29) is 23.5 Å². The number of rotatable bonds is 6. The fraction of sp³-hybridized carbons (Fsp3) is 0.316. The number of carbonyl (C=O) groups excluding carboxylic acids is 1. The smallest absolute Gasteiger partial charge is 0.312 e. The summed E-state index contributed by atoms with van der Waals surface area (Å²) in [7, 11) is 1.35. The van der Waals surface area contributed by atoms with E-state index in [1.807, 2.05) is 24.3 Å². The molecule has 138 valence electrons. The number of nitro groups is 1. The summed E-state index contributed by atoms with van der Waals surface area (Å²) in [6.07, 6.45) is 0. The van der Waals surface area contributed by atoms with Crippen molar-refractivity contribution in [3.63, 3.8) is 0 Å². The van der Waals surface area contributed by atoms with Crippen LogP contribution in [0, 0.1) is 10.1 Å². The van der Waals surface area contributed by atoms with Gasteiger partial charge in [-0.3, -0.25) is 14.9 Å². The summed E-state index contributed by atoms with van der Waals surface area (Å²) in [4.78, 5) is 22.5. The Balaban J connectivity index is 1.97. The average molecular weight is 358 g/mol. The maximum absolute atomic E-state index is 12.0. The van der Waals surface area contributed by atoms with Crippen molar-refractivity contribution in [3.05, 3.63) is 58.1 Å². The Bertz CT molecular complexity index is 795. The maximum Gasteiger partial charge on any atom is 0.312 e. The highest BCUT2D eigenvalue weighted by Crippen LogP contribution is 2.29. The van der Waals surface area contributed by atoms with Crippen LogP contribution >= 0.6 is 0 Å². The number of hydrogen-bond donors (Lipinski definition) is 1. The Kier molecular flexibility index (Phi) is 5.82. The predicted molar refractivity (Wildman–Crippen MR) is 98.9 cm³/mol. The molecule has 0 fully saturated rings. The molecule has 0 aromatic heterocycles. The van der Waals surface area contributed by atoms with Crippen LogP contribution in [0.2, 0.25) is 0 Å². The normalized spacial score (nSPS) is 10.9. The average Bonchev–Trinajstić information content (AvgIpc) is 2.59. The number of nitrogens with zero attached hydrogens (tertiary/aromatic N) is 1. The van der Waals surface area contributed by atoms with E-state index in [4.69, 9.17) is 9.47 Å². The minimum atomic E-state index is -0.568. The summed E-state index contributed by atoms with van der Waals surface area (Å²) in [5, 5.41) is 13.6. The molecule has 7 heteroatoms. The van der Waals surface area contributed by atoms with Gasteiger partial charge in [-0.05, 0) is 35.2 Å². The standard InChI is InChI=1S/C19H22N2O5/c1-19(2,3)13-5-8-15(9-6-13)26-12-18(22)20-14-7-10-17(25-4)16(11-14)21(23)24/h5-11H,12H2,1-4H3,(H,20,22). The third-order valence-corrected chi connectivity index (χ3v) is 3.75. The predicted octanol–water partition coefficient (Wildman–Crippen LogP) is 3.92. The van der Waals surface area contributed by atoms with Crippen molar-refractivity contribution in [2.24, 2.45) is 0 Å². The van der Waals surface area contributed by atoms with Gasteiger partial charge in [-0.25, -0.2) is 0 Å². The second-order valence-corrected chi connectivity index (χ2v) is 6.75. The quantitative estimate of drug-likeness (QED) is 0.624. The van der Waals surface area contributed by atoms with Gasteiger partial charge < -0.3 is 14.8 Å². The number of anilines is 1. The van der Waals surface area contributed by atoms with Crippen LogP contribution in [0.4, 0.5) is 11.4 Å². The van der Waals surface area contributed by atoms with Crippen molar-refractivity contribution in [2.45, 2.75) is 26.2 Å². The van der Waals surface area contributed by atoms with Crippen molar-refractivity contribution in [3.8, 4) is 11.5 Å². The number of hydrogen-bond acceptors (Lipinski definition) is 5. The number of amides is 1. The van der Waals surface area contributed by atoms with Gasteiger partial charge in [0.15, 0.2) is 12.4 Å². The third-order valence-electron chi connectivity index (χ3n) is 3.75. The van der Waals surface area contributed by atoms with Crippen LogP contribution < -0.4 is 14.8 Å². The molecule has 0 aliphatic rings. The Labute approximate surface area is 152 Å². The van der Waals surface area contributed by atoms with Crippen LogP contribution in [0.3, 0.4) is 0 Å². The van der Waals surface area contributed by atoms with E-state index in [0.29, 0.717) is 11.4 Å². The number of carbonyl (C=O) groups is 1. The molecule has 0 radical (unpaired) electrons. The van der Waals surface area contributed by atoms with Crippen LogP contribution in [-0.4, -0.2) is 24.5 Å². The molecule has 0 bridgehead atoms. The molecular weight excluding hydrogens is 336 g/mol. The number of benzene rings is 2. The molecule has 0 spiro atoms. The molecule has 0 aliphatic carbocycles. The number of methoxy groups -OCH3 is 1. The summed E-state index contributed by atoms with van der Waals surface area (Å²) < 4.78 is 10.4. The van der Waals surface area contributed by atoms with Crippen molar-refractivity contribution in [1.82, 2.24) is 0 Å². The van der Waals surface area contributed by atoms with E-state index in [1.165, 1.54) is 30.9 Å². The Hall–Kier alpha value is -3.09. The molecule has 2 aromatic carbocycles. The van der Waals surface area contributed by atoms with Gasteiger partial charge in [-0.1, -0.05) is 32.9 Å². The lowest BCUT2D eigenvalue weighted by Gasteiger charge is -2.19. The summed E-state index contributed by atoms with van der Waals surface area (Å²) in [6.45, 7) is 6.15.